The number of aryl methyl sites for hydroxylation is 2. The quantitative estimate of drug-likeness (QED) is 0.469. The molecule has 0 radical (unpaired) electrons. The van der Waals surface area contributed by atoms with Gasteiger partial charge in [-0.1, -0.05) is 23.8 Å². The highest BCUT2D eigenvalue weighted by molar-refractivity contribution is 7.89. The van der Waals surface area contributed by atoms with Crippen molar-refractivity contribution in [1.29, 1.82) is 0 Å². The normalized spacial score (nSPS) is 14.9. The van der Waals surface area contributed by atoms with Crippen molar-refractivity contribution < 1.29 is 32.6 Å². The number of carbonyl (C=O) groups is 2. The van der Waals surface area contributed by atoms with Gasteiger partial charge in [-0.15, -0.1) is 0 Å². The fourth-order valence-corrected chi connectivity index (χ4v) is 5.27. The number of phenolic OH excluding ortho intramolecular Hbond substituents is 1. The van der Waals surface area contributed by atoms with E-state index in [1.54, 1.807) is 31.2 Å². The van der Waals surface area contributed by atoms with Crippen LogP contribution in [0.3, 0.4) is 0 Å². The number of piperazine rings is 1. The summed E-state index contributed by atoms with van der Waals surface area (Å²) in [5.74, 6) is -0.841. The van der Waals surface area contributed by atoms with E-state index in [1.807, 2.05) is 13.0 Å². The van der Waals surface area contributed by atoms with Crippen molar-refractivity contribution in [3.63, 3.8) is 0 Å². The molecule has 0 aromatic heterocycles. The molecule has 1 N–H and O–H groups in total. The molecule has 34 heavy (non-hydrogen) atoms. The Morgan fingerprint density at radius 3 is 2.41 bits per heavy atom. The summed E-state index contributed by atoms with van der Waals surface area (Å²) in [6.07, 6.45) is 2.65. The summed E-state index contributed by atoms with van der Waals surface area (Å²) in [7, 11) is -2.23. The molecule has 3 rings (SSSR count). The van der Waals surface area contributed by atoms with Crippen molar-refractivity contribution in [2.24, 2.45) is 0 Å². The lowest BCUT2D eigenvalue weighted by Crippen LogP contribution is -2.51. The SMILES string of the molecule is COc1cc(/C=C/C(=O)OCC(=O)N2CCN(S(=O)(=O)c3ccc(C)cc3C)CC2)ccc1O. The van der Waals surface area contributed by atoms with Crippen LogP contribution in [0.15, 0.2) is 47.4 Å². The fourth-order valence-electron chi connectivity index (χ4n) is 3.64. The maximum atomic E-state index is 13.0. The van der Waals surface area contributed by atoms with Crippen LogP contribution in [0, 0.1) is 13.8 Å². The number of carbonyl (C=O) groups excluding carboxylic acids is 2. The summed E-state index contributed by atoms with van der Waals surface area (Å²) < 4.78 is 37.4. The molecule has 0 saturated carbocycles. The minimum Gasteiger partial charge on any atom is -0.504 e. The Balaban J connectivity index is 1.50. The van der Waals surface area contributed by atoms with Crippen LogP contribution in [0.5, 0.6) is 11.5 Å². The Morgan fingerprint density at radius 1 is 1.06 bits per heavy atom. The van der Waals surface area contributed by atoms with E-state index in [0.717, 1.165) is 5.56 Å². The van der Waals surface area contributed by atoms with E-state index >= 15 is 0 Å². The molecule has 1 aliphatic rings. The lowest BCUT2D eigenvalue weighted by Gasteiger charge is -2.34. The van der Waals surface area contributed by atoms with E-state index in [0.29, 0.717) is 11.1 Å². The van der Waals surface area contributed by atoms with Gasteiger partial charge in [0.2, 0.25) is 10.0 Å². The lowest BCUT2D eigenvalue weighted by molar-refractivity contribution is -0.148. The number of esters is 1. The van der Waals surface area contributed by atoms with Gasteiger partial charge in [0.15, 0.2) is 18.1 Å². The highest BCUT2D eigenvalue weighted by atomic mass is 32.2. The van der Waals surface area contributed by atoms with Crippen molar-refractivity contribution in [2.75, 3.05) is 39.9 Å². The third-order valence-electron chi connectivity index (χ3n) is 5.49. The molecule has 1 saturated heterocycles. The number of hydrogen-bond acceptors (Lipinski definition) is 7. The van der Waals surface area contributed by atoms with Crippen molar-refractivity contribution in [2.45, 2.75) is 18.7 Å². The first-order valence-electron chi connectivity index (χ1n) is 10.7. The molecule has 0 aliphatic carbocycles. The van der Waals surface area contributed by atoms with Crippen LogP contribution in [0.25, 0.3) is 6.08 Å². The molecule has 0 spiro atoms. The number of hydrogen-bond donors (Lipinski definition) is 1. The van der Waals surface area contributed by atoms with Crippen LogP contribution in [-0.4, -0.2) is 74.5 Å². The van der Waals surface area contributed by atoms with Crippen LogP contribution in [0.1, 0.15) is 16.7 Å². The van der Waals surface area contributed by atoms with Gasteiger partial charge in [-0.3, -0.25) is 4.79 Å². The van der Waals surface area contributed by atoms with E-state index in [9.17, 15) is 23.1 Å². The van der Waals surface area contributed by atoms with E-state index in [4.69, 9.17) is 9.47 Å². The first-order chi connectivity index (χ1) is 16.1. The number of phenols is 1. The zero-order valence-electron chi connectivity index (χ0n) is 19.4. The van der Waals surface area contributed by atoms with Crippen LogP contribution >= 0.6 is 0 Å². The number of ether oxygens (including phenoxy) is 2. The van der Waals surface area contributed by atoms with Gasteiger partial charge in [0.1, 0.15) is 0 Å². The Kier molecular flexibility index (Phi) is 7.95. The summed E-state index contributed by atoms with van der Waals surface area (Å²) >= 11 is 0. The van der Waals surface area contributed by atoms with Gasteiger partial charge in [0.25, 0.3) is 5.91 Å². The lowest BCUT2D eigenvalue weighted by atomic mass is 10.2. The van der Waals surface area contributed by atoms with Gasteiger partial charge in [-0.25, -0.2) is 13.2 Å². The molecule has 1 amide bonds. The molecule has 10 heteroatoms. The molecule has 1 fully saturated rings. The molecule has 0 unspecified atom stereocenters. The number of nitrogens with zero attached hydrogens (tertiary/aromatic N) is 2. The number of amides is 1. The molecule has 0 bridgehead atoms. The van der Waals surface area contributed by atoms with Gasteiger partial charge < -0.3 is 19.5 Å². The maximum Gasteiger partial charge on any atom is 0.331 e. The summed E-state index contributed by atoms with van der Waals surface area (Å²) in [5, 5.41) is 9.60. The van der Waals surface area contributed by atoms with Crippen LogP contribution in [0.2, 0.25) is 0 Å². The van der Waals surface area contributed by atoms with Gasteiger partial charge in [0.05, 0.1) is 12.0 Å². The topological polar surface area (TPSA) is 113 Å². The van der Waals surface area contributed by atoms with E-state index in [2.05, 4.69) is 0 Å². The fraction of sp³-hybridized carbons (Fsp3) is 0.333. The number of methoxy groups -OCH3 is 1. The third kappa shape index (κ3) is 5.95. The smallest absolute Gasteiger partial charge is 0.331 e. The van der Waals surface area contributed by atoms with Crippen LogP contribution in [-0.2, 0) is 24.3 Å². The molecule has 9 nitrogen and oxygen atoms in total. The number of sulfonamides is 1. The maximum absolute atomic E-state index is 13.0. The summed E-state index contributed by atoms with van der Waals surface area (Å²) in [6.45, 7) is 3.98. The van der Waals surface area contributed by atoms with Crippen molar-refractivity contribution in [3.05, 3.63) is 59.2 Å². The summed E-state index contributed by atoms with van der Waals surface area (Å²) in [6, 6.07) is 9.79. The Bertz CT molecular complexity index is 1200. The second kappa shape index (κ2) is 10.7. The third-order valence-corrected chi connectivity index (χ3v) is 7.55. The minimum atomic E-state index is -3.65. The summed E-state index contributed by atoms with van der Waals surface area (Å²) in [4.78, 5) is 26.2. The van der Waals surface area contributed by atoms with E-state index < -0.39 is 28.5 Å². The second-order valence-electron chi connectivity index (χ2n) is 7.93. The second-order valence-corrected chi connectivity index (χ2v) is 9.83. The first kappa shape index (κ1) is 25.3. The minimum absolute atomic E-state index is 0.0188. The molecule has 182 valence electrons. The van der Waals surface area contributed by atoms with Crippen molar-refractivity contribution in [1.82, 2.24) is 9.21 Å². The highest BCUT2D eigenvalue weighted by Crippen LogP contribution is 2.26. The highest BCUT2D eigenvalue weighted by Gasteiger charge is 2.31. The molecule has 1 aliphatic heterocycles. The predicted molar refractivity (Wildman–Crippen MR) is 126 cm³/mol. The van der Waals surface area contributed by atoms with Gasteiger partial charge >= 0.3 is 5.97 Å². The van der Waals surface area contributed by atoms with Crippen molar-refractivity contribution in [3.8, 4) is 11.5 Å². The van der Waals surface area contributed by atoms with Crippen molar-refractivity contribution >= 4 is 28.0 Å². The monoisotopic (exact) mass is 488 g/mol. The average Bonchev–Trinajstić information content (AvgIpc) is 2.81. The zero-order chi connectivity index (χ0) is 24.9. The Hall–Kier alpha value is -3.37. The molecular weight excluding hydrogens is 460 g/mol. The molecule has 2 aromatic rings. The molecular formula is C24H28N2O7S. The molecule has 0 atom stereocenters. The Labute approximate surface area is 199 Å². The van der Waals surface area contributed by atoms with Gasteiger partial charge in [-0.2, -0.15) is 4.31 Å². The average molecular weight is 489 g/mol. The van der Waals surface area contributed by atoms with Gasteiger partial charge in [0, 0.05) is 32.3 Å². The van der Waals surface area contributed by atoms with Gasteiger partial charge in [-0.05, 0) is 49.2 Å². The number of aromatic hydroxyl groups is 1. The van der Waals surface area contributed by atoms with E-state index in [1.165, 1.54) is 34.5 Å². The standard InChI is InChI=1S/C24H28N2O7S/c1-17-4-8-22(18(2)14-17)34(30,31)26-12-10-25(11-13-26)23(28)16-33-24(29)9-6-19-5-7-20(27)21(15-19)32-3/h4-9,14-15,27H,10-13,16H2,1-3H3/b9-6+. The zero-order valence-corrected chi connectivity index (χ0v) is 20.2. The number of rotatable bonds is 7. The Morgan fingerprint density at radius 2 is 1.76 bits per heavy atom. The largest absolute Gasteiger partial charge is 0.504 e. The van der Waals surface area contributed by atoms with Crippen LogP contribution < -0.4 is 4.74 Å². The molecule has 2 aromatic carbocycles. The summed E-state index contributed by atoms with van der Waals surface area (Å²) in [5.41, 5.74) is 2.28. The first-order valence-corrected chi connectivity index (χ1v) is 12.1. The number of benzene rings is 2. The molecule has 1 heterocycles. The van der Waals surface area contributed by atoms with E-state index in [-0.39, 0.29) is 42.6 Å². The predicted octanol–water partition coefficient (Wildman–Crippen LogP) is 2.11. The van der Waals surface area contributed by atoms with Crippen LogP contribution in [0.4, 0.5) is 0 Å².